The summed E-state index contributed by atoms with van der Waals surface area (Å²) in [7, 11) is -3.40. The van der Waals surface area contributed by atoms with E-state index in [9.17, 15) is 8.42 Å². The second kappa shape index (κ2) is 6.90. The van der Waals surface area contributed by atoms with Gasteiger partial charge >= 0.3 is 0 Å². The molecule has 1 aliphatic rings. The summed E-state index contributed by atoms with van der Waals surface area (Å²) in [4.78, 5) is 1.26. The van der Waals surface area contributed by atoms with Crippen molar-refractivity contribution >= 4 is 37.3 Å². The molecule has 1 aromatic heterocycles. The van der Waals surface area contributed by atoms with Crippen LogP contribution in [0.2, 0.25) is 0 Å². The molecular formula is C14H22BrNO2S2. The largest absolute Gasteiger partial charge is 0.241 e. The first-order chi connectivity index (χ1) is 9.44. The van der Waals surface area contributed by atoms with E-state index >= 15 is 0 Å². The van der Waals surface area contributed by atoms with Crippen molar-refractivity contribution in [1.82, 2.24) is 4.72 Å². The maximum absolute atomic E-state index is 12.6. The third-order valence-electron chi connectivity index (χ3n) is 4.10. The Morgan fingerprint density at radius 2 is 2.05 bits per heavy atom. The molecule has 1 aromatic rings. The summed E-state index contributed by atoms with van der Waals surface area (Å²) in [6, 6.07) is 1.77. The highest BCUT2D eigenvalue weighted by Gasteiger charge is 2.28. The zero-order valence-corrected chi connectivity index (χ0v) is 15.2. The Bertz CT molecular complexity index is 548. The fourth-order valence-corrected chi connectivity index (χ4v) is 6.81. The van der Waals surface area contributed by atoms with E-state index in [0.29, 0.717) is 10.8 Å². The summed E-state index contributed by atoms with van der Waals surface area (Å²) in [6.07, 6.45) is 6.89. The lowest BCUT2D eigenvalue weighted by Gasteiger charge is -2.30. The number of hydrogen-bond donors (Lipinski definition) is 1. The van der Waals surface area contributed by atoms with E-state index in [0.717, 1.165) is 27.9 Å². The standard InChI is InChI=1S/C14H22BrNO2S2/c1-3-12(11-7-5-4-6-8-11)16-20(17,18)13-9-14(15)19-10(13)2/h9,11-12,16H,3-8H2,1-2H3. The highest BCUT2D eigenvalue weighted by atomic mass is 79.9. The molecule has 0 bridgehead atoms. The van der Waals surface area contributed by atoms with Gasteiger partial charge in [0.25, 0.3) is 0 Å². The van der Waals surface area contributed by atoms with Gasteiger partial charge in [-0.2, -0.15) is 0 Å². The summed E-state index contributed by atoms with van der Waals surface area (Å²) in [6.45, 7) is 3.92. The minimum absolute atomic E-state index is 0.0679. The molecule has 1 fully saturated rings. The van der Waals surface area contributed by atoms with Crippen molar-refractivity contribution in [2.75, 3.05) is 0 Å². The van der Waals surface area contributed by atoms with Gasteiger partial charge in [-0.15, -0.1) is 11.3 Å². The van der Waals surface area contributed by atoms with Crippen LogP contribution in [0.25, 0.3) is 0 Å². The van der Waals surface area contributed by atoms with Crippen molar-refractivity contribution in [3.63, 3.8) is 0 Å². The van der Waals surface area contributed by atoms with E-state index in [2.05, 4.69) is 27.6 Å². The number of hydrogen-bond acceptors (Lipinski definition) is 3. The van der Waals surface area contributed by atoms with Crippen molar-refractivity contribution in [3.05, 3.63) is 14.7 Å². The summed E-state index contributed by atoms with van der Waals surface area (Å²) in [5.74, 6) is 0.492. The maximum atomic E-state index is 12.6. The van der Waals surface area contributed by atoms with E-state index in [1.54, 1.807) is 6.07 Å². The maximum Gasteiger partial charge on any atom is 0.241 e. The Labute approximate surface area is 134 Å². The summed E-state index contributed by atoms with van der Waals surface area (Å²) < 4.78 is 28.9. The van der Waals surface area contributed by atoms with Crippen LogP contribution >= 0.6 is 27.3 Å². The average molecular weight is 380 g/mol. The van der Waals surface area contributed by atoms with Crippen LogP contribution < -0.4 is 4.72 Å². The van der Waals surface area contributed by atoms with Crippen LogP contribution in [0.15, 0.2) is 14.7 Å². The fourth-order valence-electron chi connectivity index (χ4n) is 3.01. The van der Waals surface area contributed by atoms with Crippen molar-refractivity contribution in [3.8, 4) is 0 Å². The van der Waals surface area contributed by atoms with E-state index in [-0.39, 0.29) is 6.04 Å². The second-order valence-electron chi connectivity index (χ2n) is 5.51. The third kappa shape index (κ3) is 3.84. The smallest absolute Gasteiger partial charge is 0.208 e. The van der Waals surface area contributed by atoms with Gasteiger partial charge in [-0.3, -0.25) is 0 Å². The first-order valence-corrected chi connectivity index (χ1v) is 10.3. The molecule has 1 saturated carbocycles. The molecule has 6 heteroatoms. The average Bonchev–Trinajstić information content (AvgIpc) is 2.77. The predicted octanol–water partition coefficient (Wildman–Crippen LogP) is 4.46. The second-order valence-corrected chi connectivity index (χ2v) is 9.82. The van der Waals surface area contributed by atoms with Crippen LogP contribution in [0.5, 0.6) is 0 Å². The molecular weight excluding hydrogens is 358 g/mol. The Morgan fingerprint density at radius 3 is 2.55 bits per heavy atom. The van der Waals surface area contributed by atoms with Gasteiger partial charge in [0.2, 0.25) is 10.0 Å². The topological polar surface area (TPSA) is 46.2 Å². The van der Waals surface area contributed by atoms with Gasteiger partial charge in [-0.05, 0) is 54.1 Å². The van der Waals surface area contributed by atoms with Crippen LogP contribution in [0, 0.1) is 12.8 Å². The van der Waals surface area contributed by atoms with Crippen LogP contribution in [-0.2, 0) is 10.0 Å². The molecule has 1 heterocycles. The monoisotopic (exact) mass is 379 g/mol. The first-order valence-electron chi connectivity index (χ1n) is 7.22. The lowest BCUT2D eigenvalue weighted by Crippen LogP contribution is -2.40. The molecule has 0 amide bonds. The Balaban J connectivity index is 2.15. The number of halogens is 1. The van der Waals surface area contributed by atoms with Gasteiger partial charge in [0.1, 0.15) is 0 Å². The number of sulfonamides is 1. The molecule has 3 nitrogen and oxygen atoms in total. The molecule has 2 rings (SSSR count). The molecule has 20 heavy (non-hydrogen) atoms. The van der Waals surface area contributed by atoms with Crippen LogP contribution in [0.3, 0.4) is 0 Å². The third-order valence-corrected chi connectivity index (χ3v) is 7.40. The lowest BCUT2D eigenvalue weighted by molar-refractivity contribution is 0.285. The van der Waals surface area contributed by atoms with Crippen LogP contribution in [0.4, 0.5) is 0 Å². The molecule has 1 unspecified atom stereocenters. The highest BCUT2D eigenvalue weighted by Crippen LogP contribution is 2.32. The van der Waals surface area contributed by atoms with Gasteiger partial charge in [0.05, 0.1) is 8.68 Å². The molecule has 0 saturated heterocycles. The molecule has 0 aromatic carbocycles. The van der Waals surface area contributed by atoms with Crippen LogP contribution in [-0.4, -0.2) is 14.5 Å². The van der Waals surface area contributed by atoms with Gasteiger partial charge in [0, 0.05) is 10.9 Å². The lowest BCUT2D eigenvalue weighted by atomic mass is 9.83. The van der Waals surface area contributed by atoms with E-state index < -0.39 is 10.0 Å². The number of rotatable bonds is 5. The number of nitrogens with one attached hydrogen (secondary N) is 1. The minimum Gasteiger partial charge on any atom is -0.208 e. The summed E-state index contributed by atoms with van der Waals surface area (Å²) in [5, 5.41) is 0. The van der Waals surface area contributed by atoms with Gasteiger partial charge in [-0.1, -0.05) is 26.2 Å². The molecule has 114 valence electrons. The normalized spacial score (nSPS) is 19.1. The quantitative estimate of drug-likeness (QED) is 0.820. The Hall–Kier alpha value is 0.0900. The zero-order valence-electron chi connectivity index (χ0n) is 12.0. The molecule has 0 aliphatic heterocycles. The molecule has 0 spiro atoms. The van der Waals surface area contributed by atoms with Crippen molar-refractivity contribution in [2.24, 2.45) is 5.92 Å². The predicted molar refractivity (Wildman–Crippen MR) is 87.7 cm³/mol. The van der Waals surface area contributed by atoms with E-state index in [4.69, 9.17) is 0 Å². The number of aryl methyl sites for hydroxylation is 1. The molecule has 0 radical (unpaired) electrons. The van der Waals surface area contributed by atoms with Crippen molar-refractivity contribution in [2.45, 2.75) is 63.3 Å². The summed E-state index contributed by atoms with van der Waals surface area (Å²) >= 11 is 4.83. The fraction of sp³-hybridized carbons (Fsp3) is 0.714. The van der Waals surface area contributed by atoms with Crippen molar-refractivity contribution in [1.29, 1.82) is 0 Å². The molecule has 1 aliphatic carbocycles. The minimum atomic E-state index is -3.40. The van der Waals surface area contributed by atoms with E-state index in [1.165, 1.54) is 30.6 Å². The Morgan fingerprint density at radius 1 is 1.40 bits per heavy atom. The van der Waals surface area contributed by atoms with E-state index in [1.807, 2.05) is 6.92 Å². The SMILES string of the molecule is CCC(NS(=O)(=O)c1cc(Br)sc1C)C1CCCCC1. The molecule has 1 N–H and O–H groups in total. The number of thiophene rings is 1. The summed E-state index contributed by atoms with van der Waals surface area (Å²) in [5.41, 5.74) is 0. The van der Waals surface area contributed by atoms with Gasteiger partial charge in [-0.25, -0.2) is 13.1 Å². The van der Waals surface area contributed by atoms with Crippen molar-refractivity contribution < 1.29 is 8.42 Å². The first kappa shape index (κ1) is 16.5. The highest BCUT2D eigenvalue weighted by molar-refractivity contribution is 9.11. The van der Waals surface area contributed by atoms with Gasteiger partial charge in [0.15, 0.2) is 0 Å². The van der Waals surface area contributed by atoms with Gasteiger partial charge < -0.3 is 0 Å². The zero-order chi connectivity index (χ0) is 14.8. The Kier molecular flexibility index (Phi) is 5.68. The molecule has 1 atom stereocenters. The van der Waals surface area contributed by atoms with Crippen LogP contribution in [0.1, 0.15) is 50.3 Å².